The van der Waals surface area contributed by atoms with E-state index in [1.54, 1.807) is 7.05 Å². The minimum Gasteiger partial charge on any atom is -0.493 e. The molecule has 0 unspecified atom stereocenters. The summed E-state index contributed by atoms with van der Waals surface area (Å²) in [7, 11) is 1.75. The average Bonchev–Trinajstić information content (AvgIpc) is 3.51. The summed E-state index contributed by atoms with van der Waals surface area (Å²) in [4.78, 5) is 15.5. The molecule has 1 aliphatic carbocycles. The monoisotopic (exact) mass is 508 g/mol. The van der Waals surface area contributed by atoms with Gasteiger partial charge in [-0.15, -0.1) is 24.0 Å². The fourth-order valence-corrected chi connectivity index (χ4v) is 2.83. The van der Waals surface area contributed by atoms with Crippen LogP contribution >= 0.6 is 24.0 Å². The molecule has 156 valence electrons. The van der Waals surface area contributed by atoms with Gasteiger partial charge in [0.25, 0.3) is 0 Å². The summed E-state index contributed by atoms with van der Waals surface area (Å²) in [6, 6.07) is 15.9. The lowest BCUT2D eigenvalue weighted by atomic mass is 10.2. The summed E-state index contributed by atoms with van der Waals surface area (Å²) in [6.45, 7) is 3.54. The predicted molar refractivity (Wildman–Crippen MR) is 128 cm³/mol. The molecule has 3 rings (SSSR count). The number of ether oxygens (including phenoxy) is 1. The highest BCUT2D eigenvalue weighted by Crippen LogP contribution is 2.30. The van der Waals surface area contributed by atoms with Gasteiger partial charge in [0, 0.05) is 38.3 Å². The van der Waals surface area contributed by atoms with Crippen molar-refractivity contribution in [3.63, 3.8) is 0 Å². The molecule has 0 saturated heterocycles. The van der Waals surface area contributed by atoms with Crippen LogP contribution in [0.15, 0.2) is 53.5 Å². The van der Waals surface area contributed by atoms with Crippen molar-refractivity contribution in [3.8, 4) is 5.75 Å². The minimum atomic E-state index is -0.0786. The van der Waals surface area contributed by atoms with Gasteiger partial charge in [0.2, 0.25) is 5.91 Å². The lowest BCUT2D eigenvalue weighted by Gasteiger charge is -2.15. The molecule has 1 saturated carbocycles. The summed E-state index contributed by atoms with van der Waals surface area (Å²) in [6.07, 6.45) is 2.56. The minimum absolute atomic E-state index is 0. The van der Waals surface area contributed by atoms with Gasteiger partial charge in [-0.1, -0.05) is 30.3 Å². The summed E-state index contributed by atoms with van der Waals surface area (Å²) in [5, 5.41) is 9.43. The van der Waals surface area contributed by atoms with Gasteiger partial charge in [-0.2, -0.15) is 0 Å². The van der Waals surface area contributed by atoms with Crippen LogP contribution in [0, 0.1) is 5.92 Å². The third kappa shape index (κ3) is 7.92. The van der Waals surface area contributed by atoms with Gasteiger partial charge >= 0.3 is 0 Å². The molecule has 7 heteroatoms. The number of benzene rings is 2. The summed E-state index contributed by atoms with van der Waals surface area (Å²) < 4.78 is 5.97. The number of nitrogens with one attached hydrogen (secondary N) is 3. The number of hydrogen-bond acceptors (Lipinski definition) is 3. The van der Waals surface area contributed by atoms with Crippen molar-refractivity contribution in [2.75, 3.05) is 19.0 Å². The van der Waals surface area contributed by atoms with Crippen LogP contribution in [0.2, 0.25) is 0 Å². The lowest BCUT2D eigenvalue weighted by molar-refractivity contribution is -0.114. The molecule has 29 heavy (non-hydrogen) atoms. The first kappa shape index (κ1) is 23.0. The van der Waals surface area contributed by atoms with E-state index in [1.807, 2.05) is 42.5 Å². The molecule has 2 aromatic rings. The van der Waals surface area contributed by atoms with Crippen LogP contribution in [0.1, 0.15) is 30.9 Å². The molecule has 0 bridgehead atoms. The maximum Gasteiger partial charge on any atom is 0.221 e. The van der Waals surface area contributed by atoms with Crippen LogP contribution in [-0.4, -0.2) is 25.5 Å². The van der Waals surface area contributed by atoms with E-state index in [-0.39, 0.29) is 29.9 Å². The van der Waals surface area contributed by atoms with E-state index in [0.717, 1.165) is 35.1 Å². The van der Waals surface area contributed by atoms with Crippen molar-refractivity contribution in [1.82, 2.24) is 10.6 Å². The Balaban J connectivity index is 0.00000300. The van der Waals surface area contributed by atoms with E-state index in [2.05, 4.69) is 27.0 Å². The van der Waals surface area contributed by atoms with E-state index in [0.29, 0.717) is 19.0 Å². The number of guanidine groups is 1. The number of halogens is 1. The Hall–Kier alpha value is -2.29. The van der Waals surface area contributed by atoms with E-state index < -0.39 is 0 Å². The third-order valence-electron chi connectivity index (χ3n) is 4.52. The number of anilines is 1. The SMILES string of the molecule is CN=C(NCc1cccc(NC(C)=O)c1)NCc1ccccc1OCC1CC1.I. The Bertz CT molecular complexity index is 837. The smallest absolute Gasteiger partial charge is 0.221 e. The van der Waals surface area contributed by atoms with Crippen molar-refractivity contribution >= 4 is 41.5 Å². The first-order chi connectivity index (χ1) is 13.6. The summed E-state index contributed by atoms with van der Waals surface area (Å²) >= 11 is 0. The van der Waals surface area contributed by atoms with Crippen molar-refractivity contribution in [2.24, 2.45) is 10.9 Å². The topological polar surface area (TPSA) is 74.8 Å². The molecule has 0 spiro atoms. The van der Waals surface area contributed by atoms with Crippen LogP contribution in [0.3, 0.4) is 0 Å². The largest absolute Gasteiger partial charge is 0.493 e. The fourth-order valence-electron chi connectivity index (χ4n) is 2.83. The third-order valence-corrected chi connectivity index (χ3v) is 4.52. The van der Waals surface area contributed by atoms with Crippen molar-refractivity contribution in [1.29, 1.82) is 0 Å². The second-order valence-corrected chi connectivity index (χ2v) is 7.02. The van der Waals surface area contributed by atoms with E-state index in [4.69, 9.17) is 4.74 Å². The highest BCUT2D eigenvalue weighted by Gasteiger charge is 2.22. The van der Waals surface area contributed by atoms with Crippen LogP contribution in [-0.2, 0) is 17.9 Å². The molecule has 1 amide bonds. The molecule has 1 fully saturated rings. The normalized spacial score (nSPS) is 13.2. The van der Waals surface area contributed by atoms with E-state index in [9.17, 15) is 4.79 Å². The zero-order valence-corrected chi connectivity index (χ0v) is 19.2. The summed E-state index contributed by atoms with van der Waals surface area (Å²) in [5.41, 5.74) is 2.96. The maximum atomic E-state index is 11.2. The van der Waals surface area contributed by atoms with Gasteiger partial charge in [-0.3, -0.25) is 9.79 Å². The average molecular weight is 508 g/mol. The molecule has 3 N–H and O–H groups in total. The Morgan fingerprint density at radius 1 is 1.10 bits per heavy atom. The first-order valence-corrected chi connectivity index (χ1v) is 9.66. The van der Waals surface area contributed by atoms with E-state index >= 15 is 0 Å². The zero-order valence-electron chi connectivity index (χ0n) is 16.9. The first-order valence-electron chi connectivity index (χ1n) is 9.66. The maximum absolute atomic E-state index is 11.2. The molecule has 0 atom stereocenters. The molecular formula is C22H29IN4O2. The van der Waals surface area contributed by atoms with Crippen molar-refractivity contribution in [3.05, 3.63) is 59.7 Å². The van der Waals surface area contributed by atoms with Crippen LogP contribution < -0.4 is 20.7 Å². The molecule has 0 heterocycles. The zero-order chi connectivity index (χ0) is 19.8. The number of rotatable bonds is 8. The highest BCUT2D eigenvalue weighted by atomic mass is 127. The van der Waals surface area contributed by atoms with Crippen LogP contribution in [0.4, 0.5) is 5.69 Å². The number of hydrogen-bond donors (Lipinski definition) is 3. The van der Waals surface area contributed by atoms with Gasteiger partial charge in [0.1, 0.15) is 5.75 Å². The lowest BCUT2D eigenvalue weighted by Crippen LogP contribution is -2.36. The fraction of sp³-hybridized carbons (Fsp3) is 0.364. The Kier molecular flexibility index (Phi) is 9.24. The second-order valence-electron chi connectivity index (χ2n) is 7.02. The molecule has 0 aliphatic heterocycles. The molecule has 6 nitrogen and oxygen atoms in total. The molecule has 1 aliphatic rings. The van der Waals surface area contributed by atoms with Gasteiger partial charge < -0.3 is 20.7 Å². The quantitative estimate of drug-likeness (QED) is 0.287. The molecule has 2 aromatic carbocycles. The highest BCUT2D eigenvalue weighted by molar-refractivity contribution is 14.0. The van der Waals surface area contributed by atoms with Gasteiger partial charge in [0.05, 0.1) is 6.61 Å². The Labute approximate surface area is 189 Å². The number of amides is 1. The van der Waals surface area contributed by atoms with Gasteiger partial charge in [0.15, 0.2) is 5.96 Å². The number of carbonyl (C=O) groups is 1. The van der Waals surface area contributed by atoms with E-state index in [1.165, 1.54) is 19.8 Å². The van der Waals surface area contributed by atoms with Crippen molar-refractivity contribution < 1.29 is 9.53 Å². The number of aliphatic imine (C=N–C) groups is 1. The summed E-state index contributed by atoms with van der Waals surface area (Å²) in [5.74, 6) is 2.29. The molecule has 0 aromatic heterocycles. The van der Waals surface area contributed by atoms with Gasteiger partial charge in [-0.25, -0.2) is 0 Å². The van der Waals surface area contributed by atoms with Crippen molar-refractivity contribution in [2.45, 2.75) is 32.9 Å². The number of nitrogens with zero attached hydrogens (tertiary/aromatic N) is 1. The Morgan fingerprint density at radius 3 is 2.59 bits per heavy atom. The second kappa shape index (κ2) is 11.6. The standard InChI is InChI=1S/C22H28N4O2.HI/c1-16(27)26-20-8-5-6-18(12-20)13-24-22(23-2)25-14-19-7-3-4-9-21(19)28-15-17-10-11-17;/h3-9,12,17H,10-11,13-15H2,1-2H3,(H,26,27)(H2,23,24,25);1H. The number of carbonyl (C=O) groups excluding carboxylic acids is 1. The van der Waals surface area contributed by atoms with Crippen LogP contribution in [0.5, 0.6) is 5.75 Å². The van der Waals surface area contributed by atoms with Gasteiger partial charge in [-0.05, 0) is 42.5 Å². The molecular weight excluding hydrogens is 479 g/mol. The Morgan fingerprint density at radius 2 is 1.86 bits per heavy atom. The van der Waals surface area contributed by atoms with Crippen LogP contribution in [0.25, 0.3) is 0 Å². The predicted octanol–water partition coefficient (Wildman–Crippen LogP) is 3.92. The number of para-hydroxylation sites is 1. The molecule has 0 radical (unpaired) electrons.